The van der Waals surface area contributed by atoms with Crippen LogP contribution in [0.5, 0.6) is 0 Å². The van der Waals surface area contributed by atoms with Crippen molar-refractivity contribution in [3.05, 3.63) is 39.7 Å². The molecule has 0 aromatic heterocycles. The Labute approximate surface area is 116 Å². The minimum atomic E-state index is -0.642. The summed E-state index contributed by atoms with van der Waals surface area (Å²) in [6, 6.07) is 3.01. The molecular formula is C14H17FN2O3. The lowest BCUT2D eigenvalue weighted by molar-refractivity contribution is -0.385. The SMILES string of the molecule is O=C(c1cc(F)ccc1[N+](=O)[O-])N1CCCCCCC1. The molecule has 1 amide bonds. The first kappa shape index (κ1) is 14.4. The summed E-state index contributed by atoms with van der Waals surface area (Å²) < 4.78 is 13.3. The van der Waals surface area contributed by atoms with Crippen LogP contribution in [0.15, 0.2) is 18.2 Å². The average Bonchev–Trinajstić information content (AvgIpc) is 2.37. The van der Waals surface area contributed by atoms with Crippen molar-refractivity contribution in [2.75, 3.05) is 13.1 Å². The van der Waals surface area contributed by atoms with Gasteiger partial charge in [0.2, 0.25) is 0 Å². The molecule has 0 N–H and O–H groups in total. The van der Waals surface area contributed by atoms with Crippen molar-refractivity contribution in [2.24, 2.45) is 0 Å². The molecule has 1 heterocycles. The number of benzene rings is 1. The molecule has 108 valence electrons. The zero-order chi connectivity index (χ0) is 14.5. The lowest BCUT2D eigenvalue weighted by Crippen LogP contribution is -2.34. The van der Waals surface area contributed by atoms with Gasteiger partial charge in [-0.25, -0.2) is 4.39 Å². The summed E-state index contributed by atoms with van der Waals surface area (Å²) in [5, 5.41) is 11.0. The zero-order valence-electron chi connectivity index (χ0n) is 11.2. The highest BCUT2D eigenvalue weighted by molar-refractivity contribution is 5.98. The molecule has 6 heteroatoms. The van der Waals surface area contributed by atoms with Gasteiger partial charge < -0.3 is 4.90 Å². The Bertz CT molecular complexity index is 511. The first-order valence-corrected chi connectivity index (χ1v) is 6.83. The lowest BCUT2D eigenvalue weighted by atomic mass is 10.1. The van der Waals surface area contributed by atoms with Crippen molar-refractivity contribution in [3.63, 3.8) is 0 Å². The fraction of sp³-hybridized carbons (Fsp3) is 0.500. The molecule has 1 fully saturated rings. The van der Waals surface area contributed by atoms with E-state index in [1.54, 1.807) is 4.90 Å². The van der Waals surface area contributed by atoms with Crippen molar-refractivity contribution in [2.45, 2.75) is 32.1 Å². The van der Waals surface area contributed by atoms with Crippen LogP contribution in [0.3, 0.4) is 0 Å². The van der Waals surface area contributed by atoms with E-state index in [-0.39, 0.29) is 11.3 Å². The maximum absolute atomic E-state index is 13.3. The maximum atomic E-state index is 13.3. The third-order valence-corrected chi connectivity index (χ3v) is 3.53. The monoisotopic (exact) mass is 280 g/mol. The predicted octanol–water partition coefficient (Wildman–Crippen LogP) is 3.14. The zero-order valence-corrected chi connectivity index (χ0v) is 11.2. The number of carbonyl (C=O) groups is 1. The van der Waals surface area contributed by atoms with Gasteiger partial charge >= 0.3 is 0 Å². The number of rotatable bonds is 2. The highest BCUT2D eigenvalue weighted by atomic mass is 19.1. The third kappa shape index (κ3) is 3.31. The lowest BCUT2D eigenvalue weighted by Gasteiger charge is -2.24. The molecule has 0 aliphatic carbocycles. The number of nitro groups is 1. The highest BCUT2D eigenvalue weighted by Crippen LogP contribution is 2.22. The van der Waals surface area contributed by atoms with E-state index in [1.807, 2.05) is 0 Å². The van der Waals surface area contributed by atoms with E-state index in [2.05, 4.69) is 0 Å². The summed E-state index contributed by atoms with van der Waals surface area (Å²) in [6.07, 6.45) is 5.02. The van der Waals surface area contributed by atoms with Crippen molar-refractivity contribution in [1.29, 1.82) is 0 Å². The first-order valence-electron chi connectivity index (χ1n) is 6.83. The summed E-state index contributed by atoms with van der Waals surface area (Å²) in [5.74, 6) is -1.08. The fourth-order valence-electron chi connectivity index (χ4n) is 2.46. The number of nitro benzene ring substituents is 1. The van der Waals surface area contributed by atoms with E-state index in [1.165, 1.54) is 0 Å². The van der Waals surface area contributed by atoms with Crippen LogP contribution < -0.4 is 0 Å². The van der Waals surface area contributed by atoms with Crippen LogP contribution in [0.4, 0.5) is 10.1 Å². The second-order valence-electron chi connectivity index (χ2n) is 4.98. The Morgan fingerprint density at radius 3 is 2.35 bits per heavy atom. The summed E-state index contributed by atoms with van der Waals surface area (Å²) in [6.45, 7) is 1.15. The van der Waals surface area contributed by atoms with Gasteiger partial charge in [-0.1, -0.05) is 19.3 Å². The molecule has 0 spiro atoms. The minimum Gasteiger partial charge on any atom is -0.338 e. The van der Waals surface area contributed by atoms with Crippen molar-refractivity contribution in [3.8, 4) is 0 Å². The van der Waals surface area contributed by atoms with Crippen LogP contribution in [0.25, 0.3) is 0 Å². The Morgan fingerprint density at radius 1 is 1.15 bits per heavy atom. The molecule has 5 nitrogen and oxygen atoms in total. The molecule has 0 saturated carbocycles. The number of hydrogen-bond acceptors (Lipinski definition) is 3. The molecule has 20 heavy (non-hydrogen) atoms. The fourth-order valence-corrected chi connectivity index (χ4v) is 2.46. The molecule has 1 saturated heterocycles. The summed E-state index contributed by atoms with van der Waals surface area (Å²) in [5.41, 5.74) is -0.492. The number of nitrogens with zero attached hydrogens (tertiary/aromatic N) is 2. The molecule has 2 rings (SSSR count). The van der Waals surface area contributed by atoms with Gasteiger partial charge in [-0.2, -0.15) is 0 Å². The largest absolute Gasteiger partial charge is 0.338 e. The van der Waals surface area contributed by atoms with E-state index in [0.29, 0.717) is 13.1 Å². The molecular weight excluding hydrogens is 263 g/mol. The number of halogens is 1. The second kappa shape index (κ2) is 6.45. The summed E-state index contributed by atoms with van der Waals surface area (Å²) in [4.78, 5) is 24.3. The Kier molecular flexibility index (Phi) is 4.65. The van der Waals surface area contributed by atoms with E-state index in [4.69, 9.17) is 0 Å². The molecule has 0 bridgehead atoms. The molecule has 1 aromatic rings. The van der Waals surface area contributed by atoms with Crippen LogP contribution in [0.2, 0.25) is 0 Å². The van der Waals surface area contributed by atoms with Gasteiger partial charge in [0.15, 0.2) is 0 Å². The smallest absolute Gasteiger partial charge is 0.282 e. The van der Waals surface area contributed by atoms with Gasteiger partial charge in [0.1, 0.15) is 11.4 Å². The Hall–Kier alpha value is -1.98. The van der Waals surface area contributed by atoms with Gasteiger partial charge in [0.05, 0.1) is 4.92 Å². The molecule has 1 aliphatic rings. The van der Waals surface area contributed by atoms with E-state index < -0.39 is 16.6 Å². The Morgan fingerprint density at radius 2 is 1.75 bits per heavy atom. The van der Waals surface area contributed by atoms with Crippen LogP contribution >= 0.6 is 0 Å². The quantitative estimate of drug-likeness (QED) is 0.617. The van der Waals surface area contributed by atoms with Crippen molar-refractivity contribution in [1.82, 2.24) is 4.90 Å². The average molecular weight is 280 g/mol. The van der Waals surface area contributed by atoms with Gasteiger partial charge in [-0.05, 0) is 25.0 Å². The van der Waals surface area contributed by atoms with Crippen LogP contribution in [-0.4, -0.2) is 28.8 Å². The third-order valence-electron chi connectivity index (χ3n) is 3.53. The molecule has 1 aromatic carbocycles. The van der Waals surface area contributed by atoms with Crippen LogP contribution in [-0.2, 0) is 0 Å². The number of hydrogen-bond donors (Lipinski definition) is 0. The minimum absolute atomic E-state index is 0.157. The topological polar surface area (TPSA) is 63.4 Å². The molecule has 0 unspecified atom stereocenters. The number of carbonyl (C=O) groups excluding carboxylic acids is 1. The van der Waals surface area contributed by atoms with E-state index in [0.717, 1.165) is 50.3 Å². The van der Waals surface area contributed by atoms with Crippen LogP contribution in [0, 0.1) is 15.9 Å². The van der Waals surface area contributed by atoms with Gasteiger partial charge in [0, 0.05) is 19.2 Å². The van der Waals surface area contributed by atoms with E-state index in [9.17, 15) is 19.3 Å². The van der Waals surface area contributed by atoms with Gasteiger partial charge in [-0.15, -0.1) is 0 Å². The number of likely N-dealkylation sites (tertiary alicyclic amines) is 1. The van der Waals surface area contributed by atoms with Crippen molar-refractivity contribution < 1.29 is 14.1 Å². The molecule has 1 aliphatic heterocycles. The maximum Gasteiger partial charge on any atom is 0.282 e. The first-order chi connectivity index (χ1) is 9.59. The van der Waals surface area contributed by atoms with Gasteiger partial charge in [-0.3, -0.25) is 14.9 Å². The van der Waals surface area contributed by atoms with E-state index >= 15 is 0 Å². The summed E-state index contributed by atoms with van der Waals surface area (Å²) in [7, 11) is 0. The Balaban J connectivity index is 2.26. The standard InChI is InChI=1S/C14H17FN2O3/c15-11-6-7-13(17(19)20)12(10-11)14(18)16-8-4-2-1-3-5-9-16/h6-7,10H,1-5,8-9H2. The van der Waals surface area contributed by atoms with Crippen molar-refractivity contribution >= 4 is 11.6 Å². The summed E-state index contributed by atoms with van der Waals surface area (Å²) >= 11 is 0. The second-order valence-corrected chi connectivity index (χ2v) is 4.98. The number of amides is 1. The molecule has 0 radical (unpaired) electrons. The van der Waals surface area contributed by atoms with Gasteiger partial charge in [0.25, 0.3) is 11.6 Å². The predicted molar refractivity (Wildman–Crippen MR) is 72.0 cm³/mol. The molecule has 0 atom stereocenters. The highest BCUT2D eigenvalue weighted by Gasteiger charge is 2.25. The van der Waals surface area contributed by atoms with Crippen LogP contribution in [0.1, 0.15) is 42.5 Å². The normalized spacial score (nSPS) is 16.4.